The van der Waals surface area contributed by atoms with Crippen LogP contribution in [0.4, 0.5) is 4.39 Å². The second kappa shape index (κ2) is 5.37. The van der Waals surface area contributed by atoms with E-state index in [9.17, 15) is 4.39 Å². The van der Waals surface area contributed by atoms with E-state index in [1.165, 1.54) is 23.0 Å². The summed E-state index contributed by atoms with van der Waals surface area (Å²) in [7, 11) is 0. The van der Waals surface area contributed by atoms with Crippen LogP contribution in [0.3, 0.4) is 0 Å². The molecule has 3 aromatic rings. The molecule has 0 radical (unpaired) electrons. The lowest BCUT2D eigenvalue weighted by molar-refractivity contribution is 0.307. The van der Waals surface area contributed by atoms with Crippen molar-refractivity contribution >= 4 is 10.9 Å². The first kappa shape index (κ1) is 12.7. The smallest absolute Gasteiger partial charge is 0.123 e. The Labute approximate surface area is 117 Å². The number of rotatable bonds is 4. The maximum Gasteiger partial charge on any atom is 0.123 e. The van der Waals surface area contributed by atoms with Gasteiger partial charge in [-0.1, -0.05) is 18.2 Å². The van der Waals surface area contributed by atoms with Gasteiger partial charge in [-0.15, -0.1) is 0 Å². The number of para-hydroxylation sites is 1. The van der Waals surface area contributed by atoms with Crippen molar-refractivity contribution in [2.24, 2.45) is 0 Å². The monoisotopic (exact) mass is 269 g/mol. The van der Waals surface area contributed by atoms with Crippen LogP contribution in [0.2, 0.25) is 0 Å². The number of nitrogens with zero attached hydrogens (tertiary/aromatic N) is 1. The Morgan fingerprint density at radius 1 is 1.05 bits per heavy atom. The summed E-state index contributed by atoms with van der Waals surface area (Å²) in [5.41, 5.74) is 2.36. The lowest BCUT2D eigenvalue weighted by Gasteiger charge is -2.05. The predicted octanol–water partition coefficient (Wildman–Crippen LogP) is 4.38. The van der Waals surface area contributed by atoms with Crippen molar-refractivity contribution in [1.82, 2.24) is 4.57 Å². The standard InChI is InChI=1S/C17H16FNO/c1-2-19-11-13(16-5-3-4-6-17(16)19)12-20-15-9-7-14(18)8-10-15/h3-11H,2,12H2,1H3. The van der Waals surface area contributed by atoms with Gasteiger partial charge in [0, 0.05) is 29.2 Å². The van der Waals surface area contributed by atoms with E-state index in [-0.39, 0.29) is 5.82 Å². The van der Waals surface area contributed by atoms with Gasteiger partial charge in [-0.25, -0.2) is 4.39 Å². The Bertz CT molecular complexity index is 715. The number of fused-ring (bicyclic) bond motifs is 1. The first-order valence-electron chi connectivity index (χ1n) is 6.73. The molecule has 2 aromatic carbocycles. The van der Waals surface area contributed by atoms with Crippen molar-refractivity contribution < 1.29 is 9.13 Å². The van der Waals surface area contributed by atoms with Gasteiger partial charge in [-0.3, -0.25) is 0 Å². The molecule has 0 unspecified atom stereocenters. The van der Waals surface area contributed by atoms with Gasteiger partial charge in [0.25, 0.3) is 0 Å². The summed E-state index contributed by atoms with van der Waals surface area (Å²) >= 11 is 0. The lowest BCUT2D eigenvalue weighted by Crippen LogP contribution is -1.95. The average Bonchev–Trinajstić information content (AvgIpc) is 2.85. The SMILES string of the molecule is CCn1cc(COc2ccc(F)cc2)c2ccccc21. The number of hydrogen-bond acceptors (Lipinski definition) is 1. The van der Waals surface area contributed by atoms with Crippen LogP contribution in [0.15, 0.2) is 54.7 Å². The minimum absolute atomic E-state index is 0.250. The van der Waals surface area contributed by atoms with E-state index < -0.39 is 0 Å². The van der Waals surface area contributed by atoms with Crippen LogP contribution >= 0.6 is 0 Å². The Morgan fingerprint density at radius 3 is 2.55 bits per heavy atom. The highest BCUT2D eigenvalue weighted by Crippen LogP contribution is 2.23. The zero-order valence-corrected chi connectivity index (χ0v) is 11.3. The summed E-state index contributed by atoms with van der Waals surface area (Å²) in [6.07, 6.45) is 2.12. The van der Waals surface area contributed by atoms with Crippen molar-refractivity contribution in [2.75, 3.05) is 0 Å². The zero-order chi connectivity index (χ0) is 13.9. The molecule has 0 aliphatic carbocycles. The maximum absolute atomic E-state index is 12.8. The number of benzene rings is 2. The van der Waals surface area contributed by atoms with Crippen LogP contribution in [0.25, 0.3) is 10.9 Å². The summed E-state index contributed by atoms with van der Waals surface area (Å²) < 4.78 is 20.8. The van der Waals surface area contributed by atoms with Crippen LogP contribution in [-0.2, 0) is 13.2 Å². The quantitative estimate of drug-likeness (QED) is 0.685. The molecule has 0 aliphatic heterocycles. The molecular weight excluding hydrogens is 253 g/mol. The van der Waals surface area contributed by atoms with Crippen LogP contribution < -0.4 is 4.74 Å². The Balaban J connectivity index is 1.85. The van der Waals surface area contributed by atoms with Gasteiger partial charge >= 0.3 is 0 Å². The molecule has 0 amide bonds. The number of hydrogen-bond donors (Lipinski definition) is 0. The van der Waals surface area contributed by atoms with Crippen molar-refractivity contribution in [3.05, 3.63) is 66.1 Å². The van der Waals surface area contributed by atoms with Gasteiger partial charge < -0.3 is 9.30 Å². The predicted molar refractivity (Wildman–Crippen MR) is 78.3 cm³/mol. The Kier molecular flexibility index (Phi) is 3.42. The molecule has 1 aromatic heterocycles. The van der Waals surface area contributed by atoms with Gasteiger partial charge in [-0.05, 0) is 37.3 Å². The minimum atomic E-state index is -0.250. The fourth-order valence-corrected chi connectivity index (χ4v) is 2.39. The van der Waals surface area contributed by atoms with Gasteiger partial charge in [0.1, 0.15) is 18.2 Å². The molecule has 0 spiro atoms. The number of aryl methyl sites for hydroxylation is 1. The van der Waals surface area contributed by atoms with Crippen LogP contribution in [-0.4, -0.2) is 4.57 Å². The summed E-state index contributed by atoms with van der Waals surface area (Å²) in [6.45, 7) is 3.53. The molecule has 0 fully saturated rings. The topological polar surface area (TPSA) is 14.2 Å². The van der Waals surface area contributed by atoms with E-state index in [0.29, 0.717) is 12.4 Å². The van der Waals surface area contributed by atoms with Crippen LogP contribution in [0.1, 0.15) is 12.5 Å². The highest BCUT2D eigenvalue weighted by molar-refractivity contribution is 5.83. The fourth-order valence-electron chi connectivity index (χ4n) is 2.39. The van der Waals surface area contributed by atoms with Gasteiger partial charge in [0.05, 0.1) is 0 Å². The molecule has 102 valence electrons. The summed E-state index contributed by atoms with van der Waals surface area (Å²) in [5.74, 6) is 0.430. The van der Waals surface area contributed by atoms with Gasteiger partial charge in [0.15, 0.2) is 0 Å². The summed E-state index contributed by atoms with van der Waals surface area (Å²) in [6, 6.07) is 14.4. The van der Waals surface area contributed by atoms with Crippen LogP contribution in [0.5, 0.6) is 5.75 Å². The third-order valence-electron chi connectivity index (χ3n) is 3.42. The lowest BCUT2D eigenvalue weighted by atomic mass is 10.2. The molecule has 0 saturated heterocycles. The zero-order valence-electron chi connectivity index (χ0n) is 11.3. The molecular formula is C17H16FNO. The van der Waals surface area contributed by atoms with Crippen molar-refractivity contribution in [3.63, 3.8) is 0 Å². The van der Waals surface area contributed by atoms with E-state index in [0.717, 1.165) is 12.1 Å². The molecule has 0 aliphatic rings. The molecule has 3 rings (SSSR count). The fraction of sp³-hybridized carbons (Fsp3) is 0.176. The van der Waals surface area contributed by atoms with E-state index in [1.54, 1.807) is 12.1 Å². The molecule has 20 heavy (non-hydrogen) atoms. The second-order valence-corrected chi connectivity index (χ2v) is 4.70. The average molecular weight is 269 g/mol. The third-order valence-corrected chi connectivity index (χ3v) is 3.42. The largest absolute Gasteiger partial charge is 0.489 e. The highest BCUT2D eigenvalue weighted by Gasteiger charge is 2.07. The number of ether oxygens (including phenoxy) is 1. The van der Waals surface area contributed by atoms with Gasteiger partial charge in [-0.2, -0.15) is 0 Å². The van der Waals surface area contributed by atoms with E-state index in [4.69, 9.17) is 4.74 Å². The van der Waals surface area contributed by atoms with Crippen molar-refractivity contribution in [2.45, 2.75) is 20.1 Å². The first-order valence-corrected chi connectivity index (χ1v) is 6.73. The van der Waals surface area contributed by atoms with Crippen molar-refractivity contribution in [1.29, 1.82) is 0 Å². The minimum Gasteiger partial charge on any atom is -0.489 e. The van der Waals surface area contributed by atoms with Crippen LogP contribution in [0, 0.1) is 5.82 Å². The Morgan fingerprint density at radius 2 is 1.80 bits per heavy atom. The normalized spacial score (nSPS) is 10.9. The number of aromatic nitrogens is 1. The first-order chi connectivity index (χ1) is 9.78. The Hall–Kier alpha value is -2.29. The molecule has 3 heteroatoms. The van der Waals surface area contributed by atoms with Gasteiger partial charge in [0.2, 0.25) is 0 Å². The number of halogens is 1. The van der Waals surface area contributed by atoms with E-state index in [2.05, 4.69) is 29.8 Å². The summed E-state index contributed by atoms with van der Waals surface area (Å²) in [5, 5.41) is 1.21. The molecule has 2 nitrogen and oxygen atoms in total. The maximum atomic E-state index is 12.8. The molecule has 0 N–H and O–H groups in total. The molecule has 0 saturated carbocycles. The van der Waals surface area contributed by atoms with E-state index >= 15 is 0 Å². The van der Waals surface area contributed by atoms with E-state index in [1.807, 2.05) is 12.1 Å². The van der Waals surface area contributed by atoms with Crippen molar-refractivity contribution in [3.8, 4) is 5.75 Å². The second-order valence-electron chi connectivity index (χ2n) is 4.70. The highest BCUT2D eigenvalue weighted by atomic mass is 19.1. The summed E-state index contributed by atoms with van der Waals surface area (Å²) in [4.78, 5) is 0. The molecule has 0 atom stereocenters. The molecule has 1 heterocycles. The third kappa shape index (κ3) is 2.39. The molecule has 0 bridgehead atoms.